The van der Waals surface area contributed by atoms with Gasteiger partial charge in [-0.15, -0.1) is 0 Å². The third-order valence-electron chi connectivity index (χ3n) is 7.49. The van der Waals surface area contributed by atoms with Gasteiger partial charge in [-0.25, -0.2) is 4.39 Å². The molecule has 0 bridgehead atoms. The van der Waals surface area contributed by atoms with E-state index in [1.165, 1.54) is 19.2 Å². The van der Waals surface area contributed by atoms with E-state index in [1.54, 1.807) is 23.1 Å². The number of fused-ring (bicyclic) bond motifs is 1. The largest absolute Gasteiger partial charge is 0.495 e. The molecule has 1 saturated carbocycles. The lowest BCUT2D eigenvalue weighted by molar-refractivity contribution is 0.0983. The van der Waals surface area contributed by atoms with Gasteiger partial charge in [0.1, 0.15) is 11.6 Å². The number of amides is 2. The van der Waals surface area contributed by atoms with Crippen LogP contribution in [0.2, 0.25) is 5.02 Å². The van der Waals surface area contributed by atoms with Gasteiger partial charge in [-0.2, -0.15) is 0 Å². The molecule has 2 N–H and O–H groups in total. The molecule has 9 heteroatoms. The van der Waals surface area contributed by atoms with E-state index in [9.17, 15) is 19.2 Å². The summed E-state index contributed by atoms with van der Waals surface area (Å²) in [6.07, 6.45) is 3.99. The Morgan fingerprint density at radius 3 is 2.68 bits per heavy atom. The Morgan fingerprint density at radius 1 is 1.11 bits per heavy atom. The predicted molar refractivity (Wildman–Crippen MR) is 144 cm³/mol. The number of hydrogen-bond donors (Lipinski definition) is 2. The standard InChI is InChI=1S/C29H27ClFN3O4/c1-38-26-14-18(6-9-24(26)32-27(35)22-15-20(31)7-8-23(22)30)28(36)34-13-12-29(11-10-21(17-29)33-37)16-19-4-2-3-5-25(19)34/h2-9,14-15,37H,10-13,16-17H2,1H3,(H,32,35)/t29-/m0/s1. The highest BCUT2D eigenvalue weighted by atomic mass is 35.5. The van der Waals surface area contributed by atoms with Crippen LogP contribution >= 0.6 is 11.6 Å². The third kappa shape index (κ3) is 4.96. The van der Waals surface area contributed by atoms with Gasteiger partial charge >= 0.3 is 0 Å². The second-order valence-corrected chi connectivity index (χ2v) is 10.3. The number of rotatable bonds is 4. The van der Waals surface area contributed by atoms with Crippen molar-refractivity contribution in [2.24, 2.45) is 10.6 Å². The molecule has 196 valence electrons. The summed E-state index contributed by atoms with van der Waals surface area (Å²) in [6.45, 7) is 0.521. The molecule has 3 aromatic carbocycles. The number of benzene rings is 3. The van der Waals surface area contributed by atoms with Gasteiger partial charge < -0.3 is 20.2 Å². The Labute approximate surface area is 224 Å². The number of nitrogens with zero attached hydrogens (tertiary/aromatic N) is 2. The minimum absolute atomic E-state index is 0.00899. The molecule has 1 heterocycles. The molecule has 38 heavy (non-hydrogen) atoms. The van der Waals surface area contributed by atoms with Gasteiger partial charge in [0.05, 0.1) is 29.1 Å². The molecular weight excluding hydrogens is 509 g/mol. The van der Waals surface area contributed by atoms with E-state index in [2.05, 4.69) is 10.5 Å². The zero-order valence-corrected chi connectivity index (χ0v) is 21.6. The molecule has 1 aliphatic carbocycles. The lowest BCUT2D eigenvalue weighted by Crippen LogP contribution is -2.33. The molecule has 7 nitrogen and oxygen atoms in total. The molecule has 0 radical (unpaired) electrons. The van der Waals surface area contributed by atoms with E-state index in [0.717, 1.165) is 55.1 Å². The molecule has 1 aliphatic heterocycles. The summed E-state index contributed by atoms with van der Waals surface area (Å²) in [5.74, 6) is -1.07. The van der Waals surface area contributed by atoms with Gasteiger partial charge in [0.2, 0.25) is 0 Å². The van der Waals surface area contributed by atoms with Crippen LogP contribution < -0.4 is 15.0 Å². The topological polar surface area (TPSA) is 91.2 Å². The van der Waals surface area contributed by atoms with Crippen LogP contribution in [0.15, 0.2) is 65.8 Å². The van der Waals surface area contributed by atoms with Crippen LogP contribution in [0.25, 0.3) is 0 Å². The van der Waals surface area contributed by atoms with Crippen molar-refractivity contribution in [2.45, 2.75) is 32.1 Å². The van der Waals surface area contributed by atoms with Crippen molar-refractivity contribution >= 4 is 40.5 Å². The maximum Gasteiger partial charge on any atom is 0.258 e. The number of carbonyl (C=O) groups excluding carboxylic acids is 2. The molecule has 0 aromatic heterocycles. The number of halogens is 2. The molecule has 1 atom stereocenters. The fourth-order valence-corrected chi connectivity index (χ4v) is 5.71. The van der Waals surface area contributed by atoms with Crippen molar-refractivity contribution in [3.63, 3.8) is 0 Å². The van der Waals surface area contributed by atoms with Crippen molar-refractivity contribution in [1.82, 2.24) is 0 Å². The van der Waals surface area contributed by atoms with Crippen molar-refractivity contribution < 1.29 is 23.9 Å². The second-order valence-electron chi connectivity index (χ2n) is 9.85. The van der Waals surface area contributed by atoms with E-state index in [1.807, 2.05) is 24.3 Å². The van der Waals surface area contributed by atoms with Crippen molar-refractivity contribution in [2.75, 3.05) is 23.9 Å². The Kier molecular flexibility index (Phi) is 7.08. The van der Waals surface area contributed by atoms with E-state index >= 15 is 0 Å². The number of nitrogens with one attached hydrogen (secondary N) is 1. The van der Waals surface area contributed by atoms with Crippen LogP contribution in [0.1, 0.15) is 52.0 Å². The number of hydrogen-bond acceptors (Lipinski definition) is 5. The van der Waals surface area contributed by atoms with Crippen molar-refractivity contribution in [1.29, 1.82) is 0 Å². The van der Waals surface area contributed by atoms with Gasteiger partial charge in [0.15, 0.2) is 0 Å². The number of anilines is 2. The first-order valence-corrected chi connectivity index (χ1v) is 12.7. The molecule has 3 aromatic rings. The summed E-state index contributed by atoms with van der Waals surface area (Å²) in [6, 6.07) is 16.2. The molecule has 2 aliphatic rings. The van der Waals surface area contributed by atoms with Crippen LogP contribution in [0.5, 0.6) is 5.75 Å². The summed E-state index contributed by atoms with van der Waals surface area (Å²) in [4.78, 5) is 28.3. The number of para-hydroxylation sites is 1. The van der Waals surface area contributed by atoms with Gasteiger partial charge in [-0.05, 0) is 85.5 Å². The first kappa shape index (κ1) is 25.7. The summed E-state index contributed by atoms with van der Waals surface area (Å²) in [7, 11) is 1.44. The van der Waals surface area contributed by atoms with Crippen LogP contribution in [0.4, 0.5) is 15.8 Å². The number of methoxy groups -OCH3 is 1. The lowest BCUT2D eigenvalue weighted by atomic mass is 9.78. The average molecular weight is 536 g/mol. The molecule has 5 rings (SSSR count). The highest BCUT2D eigenvalue weighted by Crippen LogP contribution is 2.46. The maximum absolute atomic E-state index is 13.8. The van der Waals surface area contributed by atoms with Gasteiger partial charge in [0, 0.05) is 17.8 Å². The summed E-state index contributed by atoms with van der Waals surface area (Å²) < 4.78 is 19.1. The van der Waals surface area contributed by atoms with Gasteiger partial charge in [-0.1, -0.05) is 35.0 Å². The molecule has 1 fully saturated rings. The van der Waals surface area contributed by atoms with Crippen molar-refractivity contribution in [3.8, 4) is 5.75 Å². The molecule has 2 amide bonds. The van der Waals surface area contributed by atoms with Gasteiger partial charge in [-0.3, -0.25) is 9.59 Å². The van der Waals surface area contributed by atoms with Crippen LogP contribution in [0, 0.1) is 11.2 Å². The minimum Gasteiger partial charge on any atom is -0.495 e. The van der Waals surface area contributed by atoms with Crippen LogP contribution in [-0.2, 0) is 6.42 Å². The summed E-state index contributed by atoms with van der Waals surface area (Å²) in [5, 5.41) is 15.6. The fraction of sp³-hybridized carbons (Fsp3) is 0.276. The predicted octanol–water partition coefficient (Wildman–Crippen LogP) is 6.33. The SMILES string of the molecule is COc1cc(C(=O)N2CC[C@@]3(CCC(=NO)C3)Cc3ccccc32)ccc1NC(=O)c1cc(F)ccc1Cl. The number of carbonyl (C=O) groups is 2. The summed E-state index contributed by atoms with van der Waals surface area (Å²) >= 11 is 6.07. The van der Waals surface area contributed by atoms with Crippen LogP contribution in [-0.4, -0.2) is 36.4 Å². The lowest BCUT2D eigenvalue weighted by Gasteiger charge is -2.27. The first-order valence-electron chi connectivity index (χ1n) is 12.4. The van der Waals surface area contributed by atoms with Crippen molar-refractivity contribution in [3.05, 3.63) is 88.2 Å². The van der Waals surface area contributed by atoms with E-state index < -0.39 is 11.7 Å². The zero-order chi connectivity index (χ0) is 26.9. The molecule has 1 spiro atoms. The van der Waals surface area contributed by atoms with Gasteiger partial charge in [0.25, 0.3) is 11.8 Å². The zero-order valence-electron chi connectivity index (χ0n) is 20.8. The second kappa shape index (κ2) is 10.5. The van der Waals surface area contributed by atoms with E-state index in [4.69, 9.17) is 16.3 Å². The quantitative estimate of drug-likeness (QED) is 0.301. The van der Waals surface area contributed by atoms with E-state index in [-0.39, 0.29) is 27.7 Å². The Bertz CT molecular complexity index is 1440. The molecule has 0 unspecified atom stereocenters. The highest BCUT2D eigenvalue weighted by Gasteiger charge is 2.41. The fourth-order valence-electron chi connectivity index (χ4n) is 5.51. The summed E-state index contributed by atoms with van der Waals surface area (Å²) in [5.41, 5.74) is 3.43. The number of ether oxygens (including phenoxy) is 1. The number of oxime groups is 1. The van der Waals surface area contributed by atoms with Crippen LogP contribution in [0.3, 0.4) is 0 Å². The highest BCUT2D eigenvalue weighted by molar-refractivity contribution is 6.34. The Hall–Kier alpha value is -3.91. The molecular formula is C29H27ClFN3O4. The minimum atomic E-state index is -0.596. The monoisotopic (exact) mass is 535 g/mol. The average Bonchev–Trinajstić information content (AvgIpc) is 3.25. The first-order chi connectivity index (χ1) is 18.3. The molecule has 0 saturated heterocycles. The van der Waals surface area contributed by atoms with E-state index in [0.29, 0.717) is 17.8 Å². The maximum atomic E-state index is 13.8. The third-order valence-corrected chi connectivity index (χ3v) is 7.82. The smallest absolute Gasteiger partial charge is 0.258 e. The Morgan fingerprint density at radius 2 is 1.92 bits per heavy atom. The Balaban J connectivity index is 1.41. The normalized spacial score (nSPS) is 19.8.